The van der Waals surface area contributed by atoms with Gasteiger partial charge < -0.3 is 10.5 Å². The van der Waals surface area contributed by atoms with E-state index in [1.54, 1.807) is 36.4 Å². The Morgan fingerprint density at radius 1 is 1.22 bits per heavy atom. The van der Waals surface area contributed by atoms with E-state index in [-0.39, 0.29) is 23.6 Å². The fraction of sp³-hybridized carbons (Fsp3) is 0.0667. The van der Waals surface area contributed by atoms with E-state index in [9.17, 15) is 14.9 Å². The number of benzene rings is 2. The number of para-hydroxylation sites is 1. The number of H-pyrrole nitrogens is 1. The molecule has 0 fully saturated rings. The fourth-order valence-electron chi connectivity index (χ4n) is 2.29. The lowest BCUT2D eigenvalue weighted by Crippen LogP contribution is -2.12. The number of nitrogens with one attached hydrogen (secondary N) is 1. The van der Waals surface area contributed by atoms with Crippen LogP contribution in [0.3, 0.4) is 0 Å². The van der Waals surface area contributed by atoms with Crippen LogP contribution in [0.5, 0.6) is 5.88 Å². The summed E-state index contributed by atoms with van der Waals surface area (Å²) in [6.45, 7) is -0.0555. The molecule has 0 bridgehead atoms. The molecule has 0 aliphatic rings. The topological polar surface area (TPSA) is 124 Å². The number of nitrogens with zero attached hydrogens (tertiary/aromatic N) is 2. The van der Waals surface area contributed by atoms with Gasteiger partial charge in [0.15, 0.2) is 0 Å². The lowest BCUT2D eigenvalue weighted by atomic mass is 10.1. The number of ether oxygens (including phenoxy) is 1. The van der Waals surface area contributed by atoms with E-state index < -0.39 is 10.5 Å². The summed E-state index contributed by atoms with van der Waals surface area (Å²) in [5.74, 6) is 0.157. The molecule has 1 heterocycles. The Labute approximate surface area is 129 Å². The number of aromatic nitrogens is 2. The Bertz CT molecular complexity index is 952. The van der Waals surface area contributed by atoms with Crippen molar-refractivity contribution in [3.05, 3.63) is 68.5 Å². The Hall–Kier alpha value is -3.42. The van der Waals surface area contributed by atoms with Crippen LogP contribution < -0.4 is 16.0 Å². The van der Waals surface area contributed by atoms with E-state index in [4.69, 9.17) is 10.5 Å². The van der Waals surface area contributed by atoms with Gasteiger partial charge in [0.1, 0.15) is 6.61 Å². The molecule has 0 amide bonds. The molecule has 3 rings (SSSR count). The Kier molecular flexibility index (Phi) is 3.63. The molecule has 1 aromatic heterocycles. The van der Waals surface area contributed by atoms with Gasteiger partial charge >= 0.3 is 0 Å². The third-order valence-corrected chi connectivity index (χ3v) is 3.37. The molecule has 2 aromatic carbocycles. The zero-order valence-electron chi connectivity index (χ0n) is 11.9. The van der Waals surface area contributed by atoms with Crippen molar-refractivity contribution in [2.24, 2.45) is 0 Å². The number of rotatable bonds is 4. The summed E-state index contributed by atoms with van der Waals surface area (Å²) in [6, 6.07) is 11.2. The van der Waals surface area contributed by atoms with Gasteiger partial charge in [-0.05, 0) is 18.2 Å². The molecule has 0 saturated carbocycles. The van der Waals surface area contributed by atoms with E-state index in [1.807, 2.05) is 0 Å². The maximum Gasteiger partial charge on any atom is 0.276 e. The molecule has 0 unspecified atom stereocenters. The lowest BCUT2D eigenvalue weighted by molar-refractivity contribution is -0.385. The number of hydrogen-bond donors (Lipinski definition) is 2. The number of nitrogens with two attached hydrogens (primary N) is 1. The molecule has 116 valence electrons. The van der Waals surface area contributed by atoms with Crippen LogP contribution in [0.1, 0.15) is 5.56 Å². The first-order valence-corrected chi connectivity index (χ1v) is 6.70. The van der Waals surface area contributed by atoms with Crippen molar-refractivity contribution in [3.8, 4) is 5.88 Å². The first-order valence-electron chi connectivity index (χ1n) is 6.70. The van der Waals surface area contributed by atoms with Crippen LogP contribution in [0.25, 0.3) is 10.8 Å². The maximum atomic E-state index is 11.8. The minimum Gasteiger partial charge on any atom is -0.471 e. The quantitative estimate of drug-likeness (QED) is 0.431. The van der Waals surface area contributed by atoms with Crippen LogP contribution in [0.4, 0.5) is 11.4 Å². The largest absolute Gasteiger partial charge is 0.471 e. The molecule has 3 aromatic rings. The van der Waals surface area contributed by atoms with Gasteiger partial charge in [0, 0.05) is 11.8 Å². The van der Waals surface area contributed by atoms with Gasteiger partial charge in [0.2, 0.25) is 5.88 Å². The van der Waals surface area contributed by atoms with Crippen molar-refractivity contribution in [1.82, 2.24) is 10.2 Å². The van der Waals surface area contributed by atoms with Crippen LogP contribution >= 0.6 is 0 Å². The minimum absolute atomic E-state index is 0.0410. The Morgan fingerprint density at radius 2 is 2.00 bits per heavy atom. The highest BCUT2D eigenvalue weighted by Gasteiger charge is 2.15. The predicted octanol–water partition coefficient (Wildman–Crippen LogP) is 1.99. The number of nitro benzene ring substituents is 1. The number of fused-ring (bicyclic) bond motifs is 1. The normalized spacial score (nSPS) is 10.6. The second-order valence-electron chi connectivity index (χ2n) is 4.80. The average molecular weight is 312 g/mol. The van der Waals surface area contributed by atoms with Gasteiger partial charge in [0.05, 0.1) is 21.3 Å². The molecule has 0 radical (unpaired) electrons. The van der Waals surface area contributed by atoms with Crippen LogP contribution in [-0.2, 0) is 6.61 Å². The predicted molar refractivity (Wildman–Crippen MR) is 84.2 cm³/mol. The van der Waals surface area contributed by atoms with Crippen LogP contribution in [0.2, 0.25) is 0 Å². The molecule has 23 heavy (non-hydrogen) atoms. The Balaban J connectivity index is 1.98. The highest BCUT2D eigenvalue weighted by molar-refractivity contribution is 5.94. The summed E-state index contributed by atoms with van der Waals surface area (Å²) in [5.41, 5.74) is 6.06. The maximum absolute atomic E-state index is 11.8. The summed E-state index contributed by atoms with van der Waals surface area (Å²) in [7, 11) is 0. The van der Waals surface area contributed by atoms with E-state index in [0.717, 1.165) is 0 Å². The second-order valence-corrected chi connectivity index (χ2v) is 4.80. The summed E-state index contributed by atoms with van der Waals surface area (Å²) >= 11 is 0. The van der Waals surface area contributed by atoms with Crippen molar-refractivity contribution in [2.45, 2.75) is 6.61 Å². The van der Waals surface area contributed by atoms with Crippen molar-refractivity contribution >= 4 is 22.1 Å². The number of nitro groups is 1. The molecular weight excluding hydrogens is 300 g/mol. The molecule has 0 atom stereocenters. The van der Waals surface area contributed by atoms with Crippen molar-refractivity contribution < 1.29 is 9.66 Å². The number of aromatic amines is 1. The Morgan fingerprint density at radius 3 is 2.78 bits per heavy atom. The van der Waals surface area contributed by atoms with Crippen LogP contribution in [0, 0.1) is 10.1 Å². The third-order valence-electron chi connectivity index (χ3n) is 3.37. The summed E-state index contributed by atoms with van der Waals surface area (Å²) in [4.78, 5) is 22.4. The molecule has 8 nitrogen and oxygen atoms in total. The van der Waals surface area contributed by atoms with Gasteiger partial charge in [0.25, 0.3) is 11.2 Å². The standard InChI is InChI=1S/C15H12N4O4/c16-11-6-3-5-10-13(11)14(20)17-18-15(10)23-8-9-4-1-2-7-12(9)19(21)22/h1-7H,8,16H2,(H,17,20). The fourth-order valence-corrected chi connectivity index (χ4v) is 2.29. The van der Waals surface area contributed by atoms with E-state index in [2.05, 4.69) is 10.2 Å². The lowest BCUT2D eigenvalue weighted by Gasteiger charge is -2.09. The molecular formula is C15H12N4O4. The molecule has 0 spiro atoms. The highest BCUT2D eigenvalue weighted by Crippen LogP contribution is 2.25. The monoisotopic (exact) mass is 312 g/mol. The van der Waals surface area contributed by atoms with Gasteiger partial charge in [-0.3, -0.25) is 14.9 Å². The first-order chi connectivity index (χ1) is 11.1. The average Bonchev–Trinajstić information content (AvgIpc) is 2.54. The molecule has 0 saturated heterocycles. The zero-order chi connectivity index (χ0) is 16.4. The SMILES string of the molecule is Nc1cccc2c(OCc3ccccc3[N+](=O)[O-])n[nH]c(=O)c12. The summed E-state index contributed by atoms with van der Waals surface area (Å²) in [6.07, 6.45) is 0. The summed E-state index contributed by atoms with van der Waals surface area (Å²) < 4.78 is 5.56. The van der Waals surface area contributed by atoms with Crippen molar-refractivity contribution in [3.63, 3.8) is 0 Å². The van der Waals surface area contributed by atoms with Crippen LogP contribution in [-0.4, -0.2) is 15.1 Å². The van der Waals surface area contributed by atoms with E-state index in [0.29, 0.717) is 16.6 Å². The van der Waals surface area contributed by atoms with E-state index in [1.165, 1.54) is 6.07 Å². The summed E-state index contributed by atoms with van der Waals surface area (Å²) in [5, 5.41) is 17.9. The van der Waals surface area contributed by atoms with E-state index >= 15 is 0 Å². The first kappa shape index (κ1) is 14.5. The van der Waals surface area contributed by atoms with Gasteiger partial charge in [-0.1, -0.05) is 18.2 Å². The third kappa shape index (κ3) is 2.69. The molecule has 8 heteroatoms. The number of nitrogen functional groups attached to an aromatic ring is 1. The molecule has 3 N–H and O–H groups in total. The van der Waals surface area contributed by atoms with Crippen LogP contribution in [0.15, 0.2) is 47.3 Å². The van der Waals surface area contributed by atoms with Crippen molar-refractivity contribution in [1.29, 1.82) is 0 Å². The molecule has 0 aliphatic heterocycles. The van der Waals surface area contributed by atoms with Gasteiger partial charge in [-0.15, -0.1) is 5.10 Å². The number of hydrogen-bond acceptors (Lipinski definition) is 6. The second kappa shape index (κ2) is 5.76. The smallest absolute Gasteiger partial charge is 0.276 e. The van der Waals surface area contributed by atoms with Gasteiger partial charge in [-0.2, -0.15) is 0 Å². The zero-order valence-corrected chi connectivity index (χ0v) is 11.9. The van der Waals surface area contributed by atoms with Crippen molar-refractivity contribution in [2.75, 3.05) is 5.73 Å². The molecule has 0 aliphatic carbocycles. The number of anilines is 1. The highest BCUT2D eigenvalue weighted by atomic mass is 16.6. The minimum atomic E-state index is -0.477. The van der Waals surface area contributed by atoms with Gasteiger partial charge in [-0.25, -0.2) is 5.10 Å².